The monoisotopic (exact) mass is 354 g/mol. The van der Waals surface area contributed by atoms with Crippen LogP contribution in [0.4, 0.5) is 10.1 Å². The standard InChI is InChI=1S/C20H19FN2O3/c21-15-3-1-12(2-4-15)19(24)23-17-7-8-18-13(10-17)9-14(11-26-18)20(25)22-16-5-6-16/h1-4,7-8,10,14,16H,5-6,9,11H2,(H,22,25)(H,23,24). The maximum atomic E-state index is 13.0. The first-order chi connectivity index (χ1) is 12.6. The molecule has 2 aromatic rings. The van der Waals surface area contributed by atoms with Crippen LogP contribution in [0.1, 0.15) is 28.8 Å². The van der Waals surface area contributed by atoms with Crippen LogP contribution in [0.25, 0.3) is 0 Å². The van der Waals surface area contributed by atoms with Gasteiger partial charge in [0.25, 0.3) is 5.91 Å². The summed E-state index contributed by atoms with van der Waals surface area (Å²) in [5, 5.41) is 5.80. The lowest BCUT2D eigenvalue weighted by atomic mass is 9.95. The van der Waals surface area contributed by atoms with Gasteiger partial charge in [-0.3, -0.25) is 9.59 Å². The smallest absolute Gasteiger partial charge is 0.255 e. The molecule has 4 rings (SSSR count). The molecule has 0 bridgehead atoms. The normalized spacial score (nSPS) is 18.4. The quantitative estimate of drug-likeness (QED) is 0.887. The van der Waals surface area contributed by atoms with E-state index in [0.29, 0.717) is 30.3 Å². The Balaban J connectivity index is 1.45. The van der Waals surface area contributed by atoms with E-state index in [9.17, 15) is 14.0 Å². The van der Waals surface area contributed by atoms with Crippen LogP contribution >= 0.6 is 0 Å². The van der Waals surface area contributed by atoms with Gasteiger partial charge in [-0.1, -0.05) is 0 Å². The van der Waals surface area contributed by atoms with Crippen LogP contribution < -0.4 is 15.4 Å². The van der Waals surface area contributed by atoms with E-state index in [0.717, 1.165) is 24.2 Å². The Morgan fingerprint density at radius 1 is 1.08 bits per heavy atom. The van der Waals surface area contributed by atoms with Gasteiger partial charge >= 0.3 is 0 Å². The maximum Gasteiger partial charge on any atom is 0.255 e. The van der Waals surface area contributed by atoms with Gasteiger partial charge in [0.1, 0.15) is 18.2 Å². The molecule has 0 radical (unpaired) electrons. The molecule has 1 fully saturated rings. The molecule has 5 nitrogen and oxygen atoms in total. The highest BCUT2D eigenvalue weighted by atomic mass is 19.1. The third-order valence-corrected chi connectivity index (χ3v) is 4.63. The first kappa shape index (κ1) is 16.6. The molecule has 134 valence electrons. The number of fused-ring (bicyclic) bond motifs is 1. The van der Waals surface area contributed by atoms with E-state index in [1.165, 1.54) is 24.3 Å². The van der Waals surface area contributed by atoms with Crippen molar-refractivity contribution < 1.29 is 18.7 Å². The van der Waals surface area contributed by atoms with Crippen molar-refractivity contribution in [3.05, 3.63) is 59.4 Å². The number of carbonyl (C=O) groups is 2. The lowest BCUT2D eigenvalue weighted by Crippen LogP contribution is -2.38. The lowest BCUT2D eigenvalue weighted by molar-refractivity contribution is -0.126. The first-order valence-electron chi connectivity index (χ1n) is 8.71. The fourth-order valence-corrected chi connectivity index (χ4v) is 2.99. The van der Waals surface area contributed by atoms with Gasteiger partial charge in [0.05, 0.1) is 5.92 Å². The SMILES string of the molecule is O=C(Nc1ccc2c(c1)CC(C(=O)NC1CC1)CO2)c1ccc(F)cc1. The lowest BCUT2D eigenvalue weighted by Gasteiger charge is -2.25. The van der Waals surface area contributed by atoms with Crippen LogP contribution in [0.15, 0.2) is 42.5 Å². The molecule has 1 unspecified atom stereocenters. The molecule has 1 saturated carbocycles. The second kappa shape index (κ2) is 6.78. The molecule has 1 aliphatic heterocycles. The number of rotatable bonds is 4. The van der Waals surface area contributed by atoms with Crippen LogP contribution in [-0.2, 0) is 11.2 Å². The molecule has 1 atom stereocenters. The minimum Gasteiger partial charge on any atom is -0.492 e. The Hall–Kier alpha value is -2.89. The Morgan fingerprint density at radius 2 is 1.85 bits per heavy atom. The molecular weight excluding hydrogens is 335 g/mol. The molecule has 0 saturated heterocycles. The number of carbonyl (C=O) groups excluding carboxylic acids is 2. The average Bonchev–Trinajstić information content (AvgIpc) is 3.45. The molecule has 0 aromatic heterocycles. The largest absolute Gasteiger partial charge is 0.492 e. The summed E-state index contributed by atoms with van der Waals surface area (Å²) in [5.41, 5.74) is 1.89. The van der Waals surface area contributed by atoms with Crippen molar-refractivity contribution in [2.75, 3.05) is 11.9 Å². The van der Waals surface area contributed by atoms with Crippen molar-refractivity contribution in [3.63, 3.8) is 0 Å². The minimum atomic E-state index is -0.386. The molecule has 2 aliphatic rings. The van der Waals surface area contributed by atoms with Crippen LogP contribution in [0.3, 0.4) is 0 Å². The van der Waals surface area contributed by atoms with E-state index >= 15 is 0 Å². The van der Waals surface area contributed by atoms with Crippen molar-refractivity contribution in [3.8, 4) is 5.75 Å². The second-order valence-electron chi connectivity index (χ2n) is 6.78. The Bertz CT molecular complexity index is 847. The number of amides is 2. The van der Waals surface area contributed by atoms with E-state index in [4.69, 9.17) is 4.74 Å². The predicted molar refractivity (Wildman–Crippen MR) is 94.6 cm³/mol. The molecule has 2 N–H and O–H groups in total. The van der Waals surface area contributed by atoms with Gasteiger partial charge in [-0.05, 0) is 67.3 Å². The number of anilines is 1. The molecule has 26 heavy (non-hydrogen) atoms. The number of hydrogen-bond donors (Lipinski definition) is 2. The number of nitrogens with one attached hydrogen (secondary N) is 2. The molecule has 1 heterocycles. The van der Waals surface area contributed by atoms with Gasteiger partial charge in [0.15, 0.2) is 0 Å². The minimum absolute atomic E-state index is 0.0268. The Labute approximate surface area is 150 Å². The Morgan fingerprint density at radius 3 is 2.58 bits per heavy atom. The molecule has 0 spiro atoms. The predicted octanol–water partition coefficient (Wildman–Crippen LogP) is 2.91. The van der Waals surface area contributed by atoms with Crippen molar-refractivity contribution in [2.24, 2.45) is 5.92 Å². The zero-order valence-electron chi connectivity index (χ0n) is 14.1. The highest BCUT2D eigenvalue weighted by Crippen LogP contribution is 2.31. The zero-order chi connectivity index (χ0) is 18.1. The number of halogens is 1. The van der Waals surface area contributed by atoms with Gasteiger partial charge < -0.3 is 15.4 Å². The van der Waals surface area contributed by atoms with E-state index < -0.39 is 0 Å². The number of benzene rings is 2. The fourth-order valence-electron chi connectivity index (χ4n) is 2.99. The second-order valence-corrected chi connectivity index (χ2v) is 6.78. The highest BCUT2D eigenvalue weighted by molar-refractivity contribution is 6.04. The van der Waals surface area contributed by atoms with Crippen molar-refractivity contribution in [1.82, 2.24) is 5.32 Å². The summed E-state index contributed by atoms with van der Waals surface area (Å²) in [6, 6.07) is 11.1. The van der Waals surface area contributed by atoms with Crippen molar-refractivity contribution in [1.29, 1.82) is 0 Å². The van der Waals surface area contributed by atoms with Crippen molar-refractivity contribution in [2.45, 2.75) is 25.3 Å². The summed E-state index contributed by atoms with van der Waals surface area (Å²) in [6.45, 7) is 0.368. The fraction of sp³-hybridized carbons (Fsp3) is 0.300. The number of ether oxygens (including phenoxy) is 1. The third kappa shape index (κ3) is 3.69. The van der Waals surface area contributed by atoms with E-state index in [1.807, 2.05) is 6.07 Å². The zero-order valence-corrected chi connectivity index (χ0v) is 14.1. The van der Waals surface area contributed by atoms with Crippen molar-refractivity contribution >= 4 is 17.5 Å². The first-order valence-corrected chi connectivity index (χ1v) is 8.71. The van der Waals surface area contributed by atoms with E-state index in [1.54, 1.807) is 12.1 Å². The van der Waals surface area contributed by atoms with Gasteiger partial charge in [0.2, 0.25) is 5.91 Å². The van der Waals surface area contributed by atoms with Crippen LogP contribution in [0, 0.1) is 11.7 Å². The average molecular weight is 354 g/mol. The summed E-state index contributed by atoms with van der Waals surface area (Å²) < 4.78 is 18.7. The molecule has 2 amide bonds. The van der Waals surface area contributed by atoms with E-state index in [-0.39, 0.29) is 23.5 Å². The Kier molecular flexibility index (Phi) is 4.32. The maximum absolute atomic E-state index is 13.0. The highest BCUT2D eigenvalue weighted by Gasteiger charge is 2.30. The van der Waals surface area contributed by atoms with Gasteiger partial charge in [-0.25, -0.2) is 4.39 Å². The summed E-state index contributed by atoms with van der Waals surface area (Å²) in [7, 11) is 0. The van der Waals surface area contributed by atoms with Crippen LogP contribution in [0.5, 0.6) is 5.75 Å². The number of hydrogen-bond acceptors (Lipinski definition) is 3. The van der Waals surface area contributed by atoms with Gasteiger partial charge in [-0.15, -0.1) is 0 Å². The molecule has 2 aromatic carbocycles. The topological polar surface area (TPSA) is 67.4 Å². The third-order valence-electron chi connectivity index (χ3n) is 4.63. The van der Waals surface area contributed by atoms with Crippen LogP contribution in [-0.4, -0.2) is 24.5 Å². The molecular formula is C20H19FN2O3. The summed E-state index contributed by atoms with van der Waals surface area (Å²) >= 11 is 0. The van der Waals surface area contributed by atoms with E-state index in [2.05, 4.69) is 10.6 Å². The summed E-state index contributed by atoms with van der Waals surface area (Å²) in [5.74, 6) is -0.155. The van der Waals surface area contributed by atoms with Gasteiger partial charge in [-0.2, -0.15) is 0 Å². The molecule has 6 heteroatoms. The summed E-state index contributed by atoms with van der Waals surface area (Å²) in [4.78, 5) is 24.5. The van der Waals surface area contributed by atoms with Crippen LogP contribution in [0.2, 0.25) is 0 Å². The summed E-state index contributed by atoms with van der Waals surface area (Å²) in [6.07, 6.45) is 2.68. The molecule has 1 aliphatic carbocycles. The van der Waals surface area contributed by atoms with Gasteiger partial charge in [0, 0.05) is 17.3 Å².